The zero-order valence-corrected chi connectivity index (χ0v) is 27.9. The van der Waals surface area contributed by atoms with Crippen LogP contribution in [0.5, 0.6) is 5.75 Å². The Labute approximate surface area is 278 Å². The van der Waals surface area contributed by atoms with Gasteiger partial charge in [-0.15, -0.1) is 0 Å². The quantitative estimate of drug-likeness (QED) is 0.0443. The lowest BCUT2D eigenvalue weighted by molar-refractivity contribution is -0.140. The van der Waals surface area contributed by atoms with E-state index in [1.165, 1.54) is 0 Å². The summed E-state index contributed by atoms with van der Waals surface area (Å²) in [4.78, 5) is 26.2. The van der Waals surface area contributed by atoms with Gasteiger partial charge < -0.3 is 23.7 Å². The Bertz CT molecular complexity index is 1530. The molecular formula is C40H46O7. The van der Waals surface area contributed by atoms with Crippen molar-refractivity contribution in [3.05, 3.63) is 136 Å². The molecule has 0 amide bonds. The predicted molar refractivity (Wildman–Crippen MR) is 182 cm³/mol. The average molecular weight is 639 g/mol. The van der Waals surface area contributed by atoms with E-state index in [4.69, 9.17) is 23.7 Å². The maximum absolute atomic E-state index is 13.5. The second-order valence-corrected chi connectivity index (χ2v) is 11.4. The third kappa shape index (κ3) is 10.6. The first-order valence-corrected chi connectivity index (χ1v) is 16.4. The Kier molecular flexibility index (Phi) is 14.2. The number of rotatable bonds is 19. The highest BCUT2D eigenvalue weighted by Crippen LogP contribution is 2.32. The van der Waals surface area contributed by atoms with Crippen molar-refractivity contribution in [1.82, 2.24) is 0 Å². The molecule has 248 valence electrons. The summed E-state index contributed by atoms with van der Waals surface area (Å²) in [6.45, 7) is 9.90. The molecule has 0 aliphatic rings. The summed E-state index contributed by atoms with van der Waals surface area (Å²) in [7, 11) is 0. The Morgan fingerprint density at radius 1 is 0.617 bits per heavy atom. The summed E-state index contributed by atoms with van der Waals surface area (Å²) < 4.78 is 29.2. The maximum atomic E-state index is 13.5. The fourth-order valence-electron chi connectivity index (χ4n) is 5.48. The Morgan fingerprint density at radius 3 is 1.83 bits per heavy atom. The normalized spacial score (nSPS) is 11.8. The van der Waals surface area contributed by atoms with E-state index in [0.717, 1.165) is 39.8 Å². The number of Topliss-reactive ketones (excluding diaryl/α,β-unsaturated/α-hetero) is 1. The molecule has 0 bridgehead atoms. The summed E-state index contributed by atoms with van der Waals surface area (Å²) in [5.41, 5.74) is 5.96. The molecule has 4 aromatic carbocycles. The lowest BCUT2D eigenvalue weighted by atomic mass is 9.87. The number of carbonyl (C=O) groups is 2. The van der Waals surface area contributed by atoms with E-state index < -0.39 is 18.0 Å². The van der Waals surface area contributed by atoms with E-state index >= 15 is 0 Å². The monoisotopic (exact) mass is 638 g/mol. The molecule has 4 rings (SSSR count). The molecule has 7 heteroatoms. The first kappa shape index (κ1) is 35.6. The number of ketones is 1. The van der Waals surface area contributed by atoms with Crippen LogP contribution in [0.3, 0.4) is 0 Å². The van der Waals surface area contributed by atoms with Crippen LogP contribution < -0.4 is 4.74 Å². The first-order valence-electron chi connectivity index (χ1n) is 16.4. The van der Waals surface area contributed by atoms with Crippen molar-refractivity contribution in [2.45, 2.75) is 66.6 Å². The van der Waals surface area contributed by atoms with E-state index in [9.17, 15) is 9.59 Å². The van der Waals surface area contributed by atoms with Gasteiger partial charge in [0.1, 0.15) is 12.4 Å². The van der Waals surface area contributed by atoms with Crippen molar-refractivity contribution in [2.75, 3.05) is 19.8 Å². The summed E-state index contributed by atoms with van der Waals surface area (Å²) in [5.74, 6) is -0.812. The molecule has 1 atom stereocenters. The highest BCUT2D eigenvalue weighted by atomic mass is 16.7. The number of ether oxygens (including phenoxy) is 5. The SMILES string of the molecule is CCOC(=O)C(=O)c1ccc(OCc2ccccc2)c(COCc2ccccc2)c1CC(C)Cc1ccc(C(OCC)OCC)cc1. The molecule has 0 saturated carbocycles. The van der Waals surface area contributed by atoms with Gasteiger partial charge in [0.25, 0.3) is 5.78 Å². The van der Waals surface area contributed by atoms with Gasteiger partial charge in [-0.3, -0.25) is 4.79 Å². The van der Waals surface area contributed by atoms with Gasteiger partial charge in [-0.25, -0.2) is 4.79 Å². The zero-order valence-electron chi connectivity index (χ0n) is 27.9. The second kappa shape index (κ2) is 18.7. The second-order valence-electron chi connectivity index (χ2n) is 11.4. The molecule has 1 unspecified atom stereocenters. The van der Waals surface area contributed by atoms with Crippen LogP contribution in [0, 0.1) is 5.92 Å². The Morgan fingerprint density at radius 2 is 1.23 bits per heavy atom. The number of benzene rings is 4. The Balaban J connectivity index is 1.64. The van der Waals surface area contributed by atoms with Gasteiger partial charge in [0.05, 0.1) is 19.8 Å². The fourth-order valence-corrected chi connectivity index (χ4v) is 5.48. The predicted octanol–water partition coefficient (Wildman–Crippen LogP) is 8.22. The zero-order chi connectivity index (χ0) is 33.4. The van der Waals surface area contributed by atoms with Gasteiger partial charge in [-0.1, -0.05) is 91.9 Å². The minimum atomic E-state index is -0.871. The number of esters is 1. The van der Waals surface area contributed by atoms with Gasteiger partial charge in [0.15, 0.2) is 6.29 Å². The van der Waals surface area contributed by atoms with Gasteiger partial charge in [0, 0.05) is 29.9 Å². The van der Waals surface area contributed by atoms with E-state index in [2.05, 4.69) is 19.1 Å². The first-order chi connectivity index (χ1) is 22.9. The number of hydrogen-bond acceptors (Lipinski definition) is 7. The largest absolute Gasteiger partial charge is 0.489 e. The molecule has 0 saturated heterocycles. The molecule has 0 spiro atoms. The van der Waals surface area contributed by atoms with Gasteiger partial charge >= 0.3 is 5.97 Å². The van der Waals surface area contributed by atoms with Crippen LogP contribution in [0.4, 0.5) is 0 Å². The van der Waals surface area contributed by atoms with Gasteiger partial charge in [-0.05, 0) is 73.9 Å². The van der Waals surface area contributed by atoms with Crippen LogP contribution in [0.25, 0.3) is 0 Å². The molecule has 0 radical (unpaired) electrons. The summed E-state index contributed by atoms with van der Waals surface area (Å²) >= 11 is 0. The van der Waals surface area contributed by atoms with Crippen LogP contribution in [0.1, 0.15) is 77.7 Å². The van der Waals surface area contributed by atoms with Crippen molar-refractivity contribution >= 4 is 11.8 Å². The minimum Gasteiger partial charge on any atom is -0.489 e. The molecule has 0 fully saturated rings. The topological polar surface area (TPSA) is 80.3 Å². The van der Waals surface area contributed by atoms with Crippen LogP contribution in [0.2, 0.25) is 0 Å². The molecule has 0 aliphatic carbocycles. The summed E-state index contributed by atoms with van der Waals surface area (Å²) in [6, 6.07) is 31.5. The third-order valence-electron chi connectivity index (χ3n) is 7.71. The number of hydrogen-bond donors (Lipinski definition) is 0. The van der Waals surface area contributed by atoms with Crippen LogP contribution in [-0.4, -0.2) is 31.6 Å². The molecule has 7 nitrogen and oxygen atoms in total. The summed E-state index contributed by atoms with van der Waals surface area (Å²) in [5, 5.41) is 0. The van der Waals surface area contributed by atoms with Crippen LogP contribution in [-0.2, 0) is 56.4 Å². The van der Waals surface area contributed by atoms with Crippen molar-refractivity contribution in [1.29, 1.82) is 0 Å². The summed E-state index contributed by atoms with van der Waals surface area (Å²) in [6.07, 6.45) is 0.876. The fraction of sp³-hybridized carbons (Fsp3) is 0.350. The average Bonchev–Trinajstić information content (AvgIpc) is 3.09. The van der Waals surface area contributed by atoms with Crippen LogP contribution >= 0.6 is 0 Å². The molecule has 4 aromatic rings. The maximum Gasteiger partial charge on any atom is 0.379 e. The molecule has 0 N–H and O–H groups in total. The lowest BCUT2D eigenvalue weighted by Gasteiger charge is -2.22. The Hall–Kier alpha value is -4.30. The van der Waals surface area contributed by atoms with E-state index in [1.54, 1.807) is 19.1 Å². The number of carbonyl (C=O) groups excluding carboxylic acids is 2. The highest BCUT2D eigenvalue weighted by molar-refractivity contribution is 6.41. The molecule has 0 aromatic heterocycles. The molecule has 0 heterocycles. The standard InChI is InChI=1S/C40H46O7/c1-5-44-39(42)38(41)34-22-23-37(47-27-32-16-12-9-13-17-32)36(28-43-26-31-14-10-8-11-15-31)35(34)25-29(4)24-30-18-20-33(21-19-30)40(45-6-2)46-7-3/h8-23,29,40H,5-7,24-28H2,1-4H3. The van der Waals surface area contributed by atoms with Gasteiger partial charge in [-0.2, -0.15) is 0 Å². The van der Waals surface area contributed by atoms with Crippen LogP contribution in [0.15, 0.2) is 97.1 Å². The molecular weight excluding hydrogens is 592 g/mol. The highest BCUT2D eigenvalue weighted by Gasteiger charge is 2.26. The van der Waals surface area contributed by atoms with Crippen molar-refractivity contribution < 1.29 is 33.3 Å². The molecule has 0 aliphatic heterocycles. The lowest BCUT2D eigenvalue weighted by Crippen LogP contribution is -2.21. The van der Waals surface area contributed by atoms with Crippen molar-refractivity contribution in [3.8, 4) is 5.75 Å². The third-order valence-corrected chi connectivity index (χ3v) is 7.71. The van der Waals surface area contributed by atoms with Crippen molar-refractivity contribution in [2.24, 2.45) is 5.92 Å². The van der Waals surface area contributed by atoms with Gasteiger partial charge in [0.2, 0.25) is 0 Å². The van der Waals surface area contributed by atoms with E-state index in [-0.39, 0.29) is 19.1 Å². The minimum absolute atomic E-state index is 0.112. The van der Waals surface area contributed by atoms with E-state index in [1.807, 2.05) is 86.6 Å². The molecule has 47 heavy (non-hydrogen) atoms. The smallest absolute Gasteiger partial charge is 0.379 e. The van der Waals surface area contributed by atoms with E-state index in [0.29, 0.717) is 44.2 Å². The van der Waals surface area contributed by atoms with Crippen molar-refractivity contribution in [3.63, 3.8) is 0 Å².